The fourth-order valence-corrected chi connectivity index (χ4v) is 3.98. The summed E-state index contributed by atoms with van der Waals surface area (Å²) in [4.78, 5) is 5.64. The first kappa shape index (κ1) is 14.2. The summed E-state index contributed by atoms with van der Waals surface area (Å²) in [5.41, 5.74) is 2.60. The van der Waals surface area contributed by atoms with E-state index in [1.165, 1.54) is 0 Å². The molecule has 112 valence electrons. The molecule has 1 N–H and O–H groups in total. The van der Waals surface area contributed by atoms with Crippen molar-refractivity contribution >= 4 is 34.5 Å². The van der Waals surface area contributed by atoms with Crippen molar-refractivity contribution in [3.05, 3.63) is 69.0 Å². The zero-order valence-electron chi connectivity index (χ0n) is 11.9. The second kappa shape index (κ2) is 5.65. The van der Waals surface area contributed by atoms with Gasteiger partial charge >= 0.3 is 0 Å². The fourth-order valence-electron chi connectivity index (χ4n) is 2.98. The van der Waals surface area contributed by atoms with Crippen LogP contribution in [0.15, 0.2) is 53.0 Å². The Balaban J connectivity index is 1.94. The van der Waals surface area contributed by atoms with Crippen molar-refractivity contribution in [3.63, 3.8) is 0 Å². The molecule has 4 rings (SSSR count). The lowest BCUT2D eigenvalue weighted by Gasteiger charge is -2.27. The number of halogens is 1. The molecule has 23 heavy (non-hydrogen) atoms. The van der Waals surface area contributed by atoms with Crippen molar-refractivity contribution in [2.24, 2.45) is 10.9 Å². The lowest BCUT2D eigenvalue weighted by molar-refractivity contribution is 0.720. The van der Waals surface area contributed by atoms with E-state index < -0.39 is 5.92 Å². The van der Waals surface area contributed by atoms with Crippen LogP contribution in [0.3, 0.4) is 0 Å². The molecular formula is C17H11ClN4S. The van der Waals surface area contributed by atoms with Crippen molar-refractivity contribution in [3.8, 4) is 6.07 Å². The van der Waals surface area contributed by atoms with E-state index in [0.29, 0.717) is 10.8 Å². The topological polar surface area (TPSA) is 64.8 Å². The highest BCUT2D eigenvalue weighted by molar-refractivity contribution is 7.12. The Kier molecular flexibility index (Phi) is 3.49. The third kappa shape index (κ3) is 2.27. The zero-order valence-corrected chi connectivity index (χ0v) is 13.5. The van der Waals surface area contributed by atoms with Crippen LogP contribution in [-0.2, 0) is 0 Å². The lowest BCUT2D eigenvalue weighted by Crippen LogP contribution is -2.25. The van der Waals surface area contributed by atoms with Gasteiger partial charge in [0.05, 0.1) is 18.0 Å². The summed E-state index contributed by atoms with van der Waals surface area (Å²) in [6.45, 7) is 0. The Morgan fingerprint density at radius 3 is 2.78 bits per heavy atom. The fraction of sp³-hybridized carbons (Fsp3) is 0.118. The molecule has 0 radical (unpaired) electrons. The van der Waals surface area contributed by atoms with Crippen LogP contribution in [-0.4, -0.2) is 15.9 Å². The molecule has 2 atom stereocenters. The molecule has 2 unspecified atom stereocenters. The number of H-pyrrole nitrogens is 1. The van der Waals surface area contributed by atoms with Gasteiger partial charge in [-0.3, -0.25) is 5.10 Å². The molecule has 1 aliphatic heterocycles. The Labute approximate surface area is 142 Å². The van der Waals surface area contributed by atoms with E-state index >= 15 is 0 Å². The Bertz CT molecular complexity index is 920. The highest BCUT2D eigenvalue weighted by Gasteiger charge is 2.37. The quantitative estimate of drug-likeness (QED) is 0.746. The smallest absolute Gasteiger partial charge is 0.152 e. The predicted molar refractivity (Wildman–Crippen MR) is 91.5 cm³/mol. The minimum atomic E-state index is -0.404. The first-order chi connectivity index (χ1) is 11.3. The zero-order chi connectivity index (χ0) is 15.8. The molecule has 0 bridgehead atoms. The first-order valence-corrected chi connectivity index (χ1v) is 8.35. The number of thiophene rings is 1. The van der Waals surface area contributed by atoms with Crippen LogP contribution >= 0.6 is 22.9 Å². The van der Waals surface area contributed by atoms with Crippen LogP contribution in [0.4, 0.5) is 5.82 Å². The molecule has 0 aliphatic carbocycles. The third-order valence-corrected chi connectivity index (χ3v) is 5.23. The van der Waals surface area contributed by atoms with Gasteiger partial charge in [-0.05, 0) is 23.1 Å². The van der Waals surface area contributed by atoms with Crippen LogP contribution in [0.5, 0.6) is 0 Å². The van der Waals surface area contributed by atoms with Crippen molar-refractivity contribution in [1.82, 2.24) is 10.2 Å². The van der Waals surface area contributed by atoms with Gasteiger partial charge < -0.3 is 0 Å². The van der Waals surface area contributed by atoms with Crippen LogP contribution in [0.2, 0.25) is 5.02 Å². The average molecular weight is 339 g/mol. The molecule has 3 aromatic rings. The lowest BCUT2D eigenvalue weighted by atomic mass is 9.77. The second-order valence-corrected chi connectivity index (χ2v) is 6.61. The average Bonchev–Trinajstić information content (AvgIpc) is 3.25. The SMILES string of the molecule is N#CC1C(c2cccs2)=Nc2[nH]ncc2C1c1ccccc1Cl. The molecule has 4 nitrogen and oxygen atoms in total. The maximum absolute atomic E-state index is 9.85. The molecule has 1 aromatic carbocycles. The van der Waals surface area contributed by atoms with Gasteiger partial charge in [0.25, 0.3) is 0 Å². The van der Waals surface area contributed by atoms with Crippen LogP contribution in [0, 0.1) is 17.2 Å². The number of nitriles is 1. The molecule has 0 spiro atoms. The number of hydrogen-bond donors (Lipinski definition) is 1. The van der Waals surface area contributed by atoms with Crippen molar-refractivity contribution in [2.45, 2.75) is 5.92 Å². The number of hydrogen-bond acceptors (Lipinski definition) is 4. The molecule has 0 saturated heterocycles. The van der Waals surface area contributed by atoms with Crippen LogP contribution in [0.1, 0.15) is 21.9 Å². The normalized spacial score (nSPS) is 19.7. The van der Waals surface area contributed by atoms with Gasteiger partial charge in [0.2, 0.25) is 0 Å². The summed E-state index contributed by atoms with van der Waals surface area (Å²) in [6.07, 6.45) is 1.74. The highest BCUT2D eigenvalue weighted by Crippen LogP contribution is 2.44. The van der Waals surface area contributed by atoms with Gasteiger partial charge in [0.15, 0.2) is 5.82 Å². The standard InChI is InChI=1S/C17H11ClN4S/c18-13-5-2-1-4-10(13)15-11(8-19)16(14-6-3-7-23-14)21-17-12(15)9-20-22-17/h1-7,9,11,15H,(H,20,22). The Morgan fingerprint density at radius 1 is 1.17 bits per heavy atom. The maximum Gasteiger partial charge on any atom is 0.152 e. The summed E-state index contributed by atoms with van der Waals surface area (Å²) < 4.78 is 0. The third-order valence-electron chi connectivity index (χ3n) is 4.00. The van der Waals surface area contributed by atoms with E-state index in [9.17, 15) is 5.26 Å². The maximum atomic E-state index is 9.85. The second-order valence-electron chi connectivity index (χ2n) is 5.25. The molecular weight excluding hydrogens is 328 g/mol. The van der Waals surface area contributed by atoms with Crippen molar-refractivity contribution in [1.29, 1.82) is 5.26 Å². The largest absolute Gasteiger partial charge is 0.261 e. The van der Waals surface area contributed by atoms with E-state index in [1.807, 2.05) is 41.8 Å². The van der Waals surface area contributed by atoms with Gasteiger partial charge in [-0.15, -0.1) is 11.3 Å². The van der Waals surface area contributed by atoms with E-state index in [0.717, 1.165) is 21.7 Å². The first-order valence-electron chi connectivity index (χ1n) is 7.09. The number of rotatable bonds is 2. The predicted octanol–water partition coefficient (Wildman–Crippen LogP) is 4.53. The number of nitrogens with one attached hydrogen (secondary N) is 1. The summed E-state index contributed by atoms with van der Waals surface area (Å²) in [5.74, 6) is 0.112. The number of aromatic nitrogens is 2. The van der Waals surface area contributed by atoms with Crippen LogP contribution < -0.4 is 0 Å². The van der Waals surface area contributed by atoms with E-state index in [2.05, 4.69) is 21.3 Å². The summed E-state index contributed by atoms with van der Waals surface area (Å²) in [6, 6.07) is 14.0. The monoisotopic (exact) mass is 338 g/mol. The molecule has 0 amide bonds. The molecule has 2 aromatic heterocycles. The summed E-state index contributed by atoms with van der Waals surface area (Å²) in [7, 11) is 0. The van der Waals surface area contributed by atoms with E-state index in [-0.39, 0.29) is 5.92 Å². The molecule has 0 fully saturated rings. The highest BCUT2D eigenvalue weighted by atomic mass is 35.5. The number of aromatic amines is 1. The number of nitrogens with zero attached hydrogens (tertiary/aromatic N) is 3. The van der Waals surface area contributed by atoms with Gasteiger partial charge in [0, 0.05) is 21.4 Å². The van der Waals surface area contributed by atoms with Gasteiger partial charge in [-0.2, -0.15) is 10.4 Å². The molecule has 1 aliphatic rings. The molecule has 6 heteroatoms. The van der Waals surface area contributed by atoms with E-state index in [4.69, 9.17) is 11.6 Å². The van der Waals surface area contributed by atoms with E-state index in [1.54, 1.807) is 17.5 Å². The Morgan fingerprint density at radius 2 is 2.04 bits per heavy atom. The number of aliphatic imine (C=N–C) groups is 1. The van der Waals surface area contributed by atoms with Crippen molar-refractivity contribution < 1.29 is 0 Å². The van der Waals surface area contributed by atoms with Crippen molar-refractivity contribution in [2.75, 3.05) is 0 Å². The minimum absolute atomic E-state index is 0.183. The summed E-state index contributed by atoms with van der Waals surface area (Å²) >= 11 is 7.99. The van der Waals surface area contributed by atoms with Gasteiger partial charge in [-0.1, -0.05) is 35.9 Å². The molecule has 0 saturated carbocycles. The number of fused-ring (bicyclic) bond motifs is 1. The van der Waals surface area contributed by atoms with Gasteiger partial charge in [-0.25, -0.2) is 4.99 Å². The minimum Gasteiger partial charge on any atom is -0.261 e. The Hall–Kier alpha value is -2.42. The molecule has 3 heterocycles. The van der Waals surface area contributed by atoms with Crippen LogP contribution in [0.25, 0.3) is 0 Å². The number of benzene rings is 1. The summed E-state index contributed by atoms with van der Waals surface area (Å²) in [5, 5.41) is 19.5. The van der Waals surface area contributed by atoms with Gasteiger partial charge in [0.1, 0.15) is 5.92 Å².